The van der Waals surface area contributed by atoms with Crippen molar-refractivity contribution in [2.45, 2.75) is 20.4 Å². The minimum Gasteiger partial charge on any atom is -0.489 e. The first-order chi connectivity index (χ1) is 12.5. The van der Waals surface area contributed by atoms with Gasteiger partial charge in [-0.1, -0.05) is 26.0 Å². The van der Waals surface area contributed by atoms with Crippen molar-refractivity contribution in [3.05, 3.63) is 54.2 Å². The van der Waals surface area contributed by atoms with Crippen LogP contribution in [0.1, 0.15) is 24.2 Å². The molecule has 1 aromatic carbocycles. The zero-order valence-corrected chi connectivity index (χ0v) is 14.8. The fourth-order valence-electron chi connectivity index (χ4n) is 2.59. The van der Waals surface area contributed by atoms with Crippen molar-refractivity contribution >= 4 is 17.1 Å². The first kappa shape index (κ1) is 17.8. The van der Waals surface area contributed by atoms with E-state index in [1.54, 1.807) is 30.6 Å². The van der Waals surface area contributed by atoms with Gasteiger partial charge in [0.2, 0.25) is 0 Å². The number of hydrogen-bond acceptors (Lipinski definition) is 4. The zero-order valence-electron chi connectivity index (χ0n) is 14.8. The standard InChI is InChI=1S/C19H21FN4O2/c1-13(2)11-24-12-23-16-9-14(10-22-18(16)24)19(25)21-7-8-26-17-6-4-3-5-15(17)20/h3-6,9-10,12-13H,7-8,11H2,1-2H3,(H,21,25). The highest BCUT2D eigenvalue weighted by Crippen LogP contribution is 2.15. The molecule has 0 aliphatic carbocycles. The summed E-state index contributed by atoms with van der Waals surface area (Å²) < 4.78 is 20.7. The average molecular weight is 356 g/mol. The van der Waals surface area contributed by atoms with E-state index in [-0.39, 0.29) is 24.8 Å². The highest BCUT2D eigenvalue weighted by atomic mass is 19.1. The number of imidazole rings is 1. The first-order valence-electron chi connectivity index (χ1n) is 8.51. The first-order valence-corrected chi connectivity index (χ1v) is 8.51. The van der Waals surface area contributed by atoms with Crippen LogP contribution in [0, 0.1) is 11.7 Å². The number of halogens is 1. The van der Waals surface area contributed by atoms with Gasteiger partial charge in [-0.15, -0.1) is 0 Å². The second kappa shape index (κ2) is 7.95. The number of para-hydroxylation sites is 1. The second-order valence-electron chi connectivity index (χ2n) is 6.39. The molecule has 2 heterocycles. The molecule has 1 N–H and O–H groups in total. The van der Waals surface area contributed by atoms with Gasteiger partial charge in [-0.2, -0.15) is 0 Å². The molecule has 3 aromatic rings. The number of hydrogen-bond donors (Lipinski definition) is 1. The number of aromatic nitrogens is 3. The van der Waals surface area contributed by atoms with Gasteiger partial charge in [0.25, 0.3) is 5.91 Å². The molecule has 2 aromatic heterocycles. The number of nitrogens with zero attached hydrogens (tertiary/aromatic N) is 3. The number of carbonyl (C=O) groups is 1. The normalized spacial score (nSPS) is 11.1. The molecule has 0 bridgehead atoms. The fraction of sp³-hybridized carbons (Fsp3) is 0.316. The minimum absolute atomic E-state index is 0.167. The van der Waals surface area contributed by atoms with Gasteiger partial charge in [-0.3, -0.25) is 4.79 Å². The number of pyridine rings is 1. The van der Waals surface area contributed by atoms with E-state index in [0.29, 0.717) is 17.0 Å². The largest absolute Gasteiger partial charge is 0.489 e. The van der Waals surface area contributed by atoms with Crippen LogP contribution in [0.5, 0.6) is 5.75 Å². The Labute approximate surface area is 151 Å². The molecule has 0 spiro atoms. The second-order valence-corrected chi connectivity index (χ2v) is 6.39. The summed E-state index contributed by atoms with van der Waals surface area (Å²) in [6, 6.07) is 7.87. The summed E-state index contributed by atoms with van der Waals surface area (Å²) in [6.07, 6.45) is 3.27. The Bertz CT molecular complexity index is 907. The summed E-state index contributed by atoms with van der Waals surface area (Å²) in [5.41, 5.74) is 1.87. The quantitative estimate of drug-likeness (QED) is 0.661. The number of benzene rings is 1. The molecular weight excluding hydrogens is 335 g/mol. The Morgan fingerprint density at radius 1 is 1.31 bits per heavy atom. The van der Waals surface area contributed by atoms with Gasteiger partial charge in [0.1, 0.15) is 12.1 Å². The lowest BCUT2D eigenvalue weighted by molar-refractivity contribution is 0.0946. The number of carbonyl (C=O) groups excluding carboxylic acids is 1. The fourth-order valence-corrected chi connectivity index (χ4v) is 2.59. The maximum atomic E-state index is 13.4. The lowest BCUT2D eigenvalue weighted by Crippen LogP contribution is -2.28. The molecule has 0 aliphatic rings. The zero-order chi connectivity index (χ0) is 18.5. The molecule has 0 saturated heterocycles. The third kappa shape index (κ3) is 4.17. The highest BCUT2D eigenvalue weighted by molar-refractivity contribution is 5.96. The van der Waals surface area contributed by atoms with Crippen LogP contribution < -0.4 is 10.1 Å². The number of fused-ring (bicyclic) bond motifs is 1. The van der Waals surface area contributed by atoms with Crippen LogP contribution in [0.4, 0.5) is 4.39 Å². The molecule has 26 heavy (non-hydrogen) atoms. The minimum atomic E-state index is -0.425. The molecular formula is C19H21FN4O2. The summed E-state index contributed by atoms with van der Waals surface area (Å²) in [5.74, 6) is -0.0486. The van der Waals surface area contributed by atoms with Crippen LogP contribution in [0.25, 0.3) is 11.2 Å². The molecule has 0 fully saturated rings. The van der Waals surface area contributed by atoms with Crippen molar-refractivity contribution in [2.24, 2.45) is 5.92 Å². The lowest BCUT2D eigenvalue weighted by Gasteiger charge is -2.09. The molecule has 3 rings (SSSR count). The van der Waals surface area contributed by atoms with Crippen molar-refractivity contribution in [2.75, 3.05) is 13.2 Å². The van der Waals surface area contributed by atoms with Gasteiger partial charge in [0.05, 0.1) is 18.4 Å². The summed E-state index contributed by atoms with van der Waals surface area (Å²) >= 11 is 0. The smallest absolute Gasteiger partial charge is 0.253 e. The van der Waals surface area contributed by atoms with Gasteiger partial charge in [-0.25, -0.2) is 14.4 Å². The van der Waals surface area contributed by atoms with Crippen LogP contribution >= 0.6 is 0 Å². The molecule has 7 heteroatoms. The van der Waals surface area contributed by atoms with Gasteiger partial charge in [-0.05, 0) is 24.1 Å². The number of amides is 1. The van der Waals surface area contributed by atoms with E-state index in [2.05, 4.69) is 29.1 Å². The molecule has 0 radical (unpaired) electrons. The molecule has 136 valence electrons. The lowest BCUT2D eigenvalue weighted by atomic mass is 10.2. The van der Waals surface area contributed by atoms with Gasteiger partial charge < -0.3 is 14.6 Å². The van der Waals surface area contributed by atoms with E-state index in [1.807, 2.05) is 4.57 Å². The Morgan fingerprint density at radius 2 is 2.12 bits per heavy atom. The number of ether oxygens (including phenoxy) is 1. The number of nitrogens with one attached hydrogen (secondary N) is 1. The van der Waals surface area contributed by atoms with E-state index in [4.69, 9.17) is 4.74 Å². The average Bonchev–Trinajstić information content (AvgIpc) is 3.01. The van der Waals surface area contributed by atoms with Gasteiger partial charge >= 0.3 is 0 Å². The Morgan fingerprint density at radius 3 is 2.88 bits per heavy atom. The number of rotatable bonds is 7. The van der Waals surface area contributed by atoms with Crippen LogP contribution in [0.15, 0.2) is 42.9 Å². The topological polar surface area (TPSA) is 69.0 Å². The van der Waals surface area contributed by atoms with Crippen LogP contribution in [-0.4, -0.2) is 33.6 Å². The van der Waals surface area contributed by atoms with Crippen molar-refractivity contribution in [1.29, 1.82) is 0 Å². The maximum absolute atomic E-state index is 13.4. The summed E-state index contributed by atoms with van der Waals surface area (Å²) in [6.45, 7) is 5.49. The third-order valence-electron chi connectivity index (χ3n) is 3.76. The molecule has 0 saturated carbocycles. The van der Waals surface area contributed by atoms with E-state index in [0.717, 1.165) is 12.2 Å². The Kier molecular flexibility index (Phi) is 5.46. The van der Waals surface area contributed by atoms with E-state index in [1.165, 1.54) is 12.3 Å². The van der Waals surface area contributed by atoms with Crippen LogP contribution in [0.2, 0.25) is 0 Å². The predicted molar refractivity (Wildman–Crippen MR) is 96.6 cm³/mol. The Balaban J connectivity index is 1.57. The van der Waals surface area contributed by atoms with Gasteiger partial charge in [0.15, 0.2) is 17.2 Å². The third-order valence-corrected chi connectivity index (χ3v) is 3.76. The monoisotopic (exact) mass is 356 g/mol. The summed E-state index contributed by atoms with van der Waals surface area (Å²) in [7, 11) is 0. The van der Waals surface area contributed by atoms with E-state index < -0.39 is 5.82 Å². The highest BCUT2D eigenvalue weighted by Gasteiger charge is 2.11. The maximum Gasteiger partial charge on any atom is 0.253 e. The van der Waals surface area contributed by atoms with E-state index in [9.17, 15) is 9.18 Å². The van der Waals surface area contributed by atoms with Crippen molar-refractivity contribution in [3.8, 4) is 5.75 Å². The Hall–Kier alpha value is -2.96. The van der Waals surface area contributed by atoms with E-state index >= 15 is 0 Å². The molecule has 6 nitrogen and oxygen atoms in total. The SMILES string of the molecule is CC(C)Cn1cnc2cc(C(=O)NCCOc3ccccc3F)cnc21. The van der Waals surface area contributed by atoms with Crippen molar-refractivity contribution in [3.63, 3.8) is 0 Å². The molecule has 0 unspecified atom stereocenters. The molecule has 1 amide bonds. The summed E-state index contributed by atoms with van der Waals surface area (Å²) in [4.78, 5) is 20.9. The van der Waals surface area contributed by atoms with Crippen LogP contribution in [0.3, 0.4) is 0 Å². The molecule has 0 atom stereocenters. The van der Waals surface area contributed by atoms with Crippen molar-refractivity contribution in [1.82, 2.24) is 19.9 Å². The van der Waals surface area contributed by atoms with Crippen LogP contribution in [-0.2, 0) is 6.54 Å². The summed E-state index contributed by atoms with van der Waals surface area (Å²) in [5, 5.41) is 2.73. The van der Waals surface area contributed by atoms with Crippen molar-refractivity contribution < 1.29 is 13.9 Å². The predicted octanol–water partition coefficient (Wildman–Crippen LogP) is 3.04. The van der Waals surface area contributed by atoms with Gasteiger partial charge in [0, 0.05) is 12.7 Å². The molecule has 0 aliphatic heterocycles.